The summed E-state index contributed by atoms with van der Waals surface area (Å²) in [6.07, 6.45) is 5.35. The first-order valence-corrected chi connectivity index (χ1v) is 7.49. The Bertz CT molecular complexity index is 667. The van der Waals surface area contributed by atoms with Gasteiger partial charge in [-0.15, -0.1) is 0 Å². The SMILES string of the molecule is CN(CC1CC1)C(=O)C=Cc1cc([N+](=O)[O-])cc2c1OCOC2. The van der Waals surface area contributed by atoms with Gasteiger partial charge >= 0.3 is 0 Å². The second-order valence-corrected chi connectivity index (χ2v) is 5.89. The maximum atomic E-state index is 12.1. The van der Waals surface area contributed by atoms with Crippen LogP contribution in [0.25, 0.3) is 6.08 Å². The van der Waals surface area contributed by atoms with E-state index in [2.05, 4.69) is 0 Å². The molecule has 0 atom stereocenters. The van der Waals surface area contributed by atoms with Crippen LogP contribution in [-0.2, 0) is 16.1 Å². The molecule has 1 aromatic carbocycles. The van der Waals surface area contributed by atoms with Gasteiger partial charge in [0.2, 0.25) is 5.91 Å². The lowest BCUT2D eigenvalue weighted by Gasteiger charge is -2.19. The van der Waals surface area contributed by atoms with Crippen molar-refractivity contribution in [3.05, 3.63) is 39.4 Å². The molecule has 122 valence electrons. The van der Waals surface area contributed by atoms with Crippen LogP contribution in [-0.4, -0.2) is 36.1 Å². The van der Waals surface area contributed by atoms with Gasteiger partial charge in [0.15, 0.2) is 6.79 Å². The summed E-state index contributed by atoms with van der Waals surface area (Å²) in [7, 11) is 1.76. The van der Waals surface area contributed by atoms with Gasteiger partial charge in [-0.2, -0.15) is 0 Å². The Morgan fingerprint density at radius 1 is 1.48 bits per heavy atom. The van der Waals surface area contributed by atoms with E-state index in [1.807, 2.05) is 0 Å². The number of benzene rings is 1. The third-order valence-corrected chi connectivity index (χ3v) is 3.94. The van der Waals surface area contributed by atoms with Crippen molar-refractivity contribution in [3.8, 4) is 5.75 Å². The number of non-ortho nitro benzene ring substituents is 1. The fourth-order valence-electron chi connectivity index (χ4n) is 2.53. The maximum Gasteiger partial charge on any atom is 0.270 e. The van der Waals surface area contributed by atoms with Gasteiger partial charge in [0.05, 0.1) is 11.5 Å². The average molecular weight is 318 g/mol. The molecule has 1 fully saturated rings. The molecule has 1 aromatic rings. The zero-order valence-corrected chi connectivity index (χ0v) is 12.9. The fourth-order valence-corrected chi connectivity index (χ4v) is 2.53. The van der Waals surface area contributed by atoms with Crippen molar-refractivity contribution in [1.82, 2.24) is 4.90 Å². The fraction of sp³-hybridized carbons (Fsp3) is 0.438. The van der Waals surface area contributed by atoms with Crippen LogP contribution in [0.1, 0.15) is 24.0 Å². The van der Waals surface area contributed by atoms with Gasteiger partial charge in [0, 0.05) is 42.9 Å². The van der Waals surface area contributed by atoms with E-state index in [1.54, 1.807) is 18.0 Å². The minimum atomic E-state index is -0.465. The van der Waals surface area contributed by atoms with Crippen molar-refractivity contribution in [1.29, 1.82) is 0 Å². The van der Waals surface area contributed by atoms with E-state index < -0.39 is 4.92 Å². The number of hydrogen-bond donors (Lipinski definition) is 0. The second-order valence-electron chi connectivity index (χ2n) is 5.89. The standard InChI is InChI=1S/C16H18N2O5/c1-17(8-11-2-3-11)15(19)5-4-12-6-14(18(20)21)7-13-9-22-10-23-16(12)13/h4-7,11H,2-3,8-10H2,1H3. The minimum Gasteiger partial charge on any atom is -0.467 e. The van der Waals surface area contributed by atoms with Crippen LogP contribution >= 0.6 is 0 Å². The molecular formula is C16H18N2O5. The number of carbonyl (C=O) groups excluding carboxylic acids is 1. The summed E-state index contributed by atoms with van der Waals surface area (Å²) in [4.78, 5) is 24.3. The highest BCUT2D eigenvalue weighted by Crippen LogP contribution is 2.33. The lowest BCUT2D eigenvalue weighted by molar-refractivity contribution is -0.385. The number of nitro benzene ring substituents is 1. The maximum absolute atomic E-state index is 12.1. The number of carbonyl (C=O) groups is 1. The van der Waals surface area contributed by atoms with Crippen LogP contribution < -0.4 is 4.74 Å². The molecule has 1 saturated carbocycles. The van der Waals surface area contributed by atoms with E-state index >= 15 is 0 Å². The number of rotatable bonds is 5. The Hall–Kier alpha value is -2.41. The van der Waals surface area contributed by atoms with Crippen molar-refractivity contribution < 1.29 is 19.2 Å². The average Bonchev–Trinajstić information content (AvgIpc) is 3.35. The van der Waals surface area contributed by atoms with E-state index in [0.29, 0.717) is 22.8 Å². The second kappa shape index (κ2) is 6.37. The van der Waals surface area contributed by atoms with Crippen LogP contribution in [0.15, 0.2) is 18.2 Å². The van der Waals surface area contributed by atoms with Crippen molar-refractivity contribution in [2.24, 2.45) is 5.92 Å². The minimum absolute atomic E-state index is 0.0451. The van der Waals surface area contributed by atoms with Crippen molar-refractivity contribution in [2.75, 3.05) is 20.4 Å². The van der Waals surface area contributed by atoms with Crippen LogP contribution in [0.4, 0.5) is 5.69 Å². The molecule has 7 nitrogen and oxygen atoms in total. The summed E-state index contributed by atoms with van der Waals surface area (Å²) >= 11 is 0. The molecule has 1 aliphatic heterocycles. The normalized spacial score (nSPS) is 16.7. The largest absolute Gasteiger partial charge is 0.467 e. The van der Waals surface area contributed by atoms with Gasteiger partial charge < -0.3 is 14.4 Å². The molecule has 0 radical (unpaired) electrons. The van der Waals surface area contributed by atoms with Gasteiger partial charge in [-0.05, 0) is 24.8 Å². The number of ether oxygens (including phenoxy) is 2. The highest BCUT2D eigenvalue weighted by Gasteiger charge is 2.24. The summed E-state index contributed by atoms with van der Waals surface area (Å²) in [5.74, 6) is 1.03. The van der Waals surface area contributed by atoms with E-state index in [1.165, 1.54) is 31.1 Å². The molecule has 0 bridgehead atoms. The Balaban J connectivity index is 1.82. The molecule has 23 heavy (non-hydrogen) atoms. The van der Waals surface area contributed by atoms with Gasteiger partial charge in [-0.25, -0.2) is 0 Å². The number of fused-ring (bicyclic) bond motifs is 1. The predicted octanol–water partition coefficient (Wildman–Crippen LogP) is 2.34. The number of hydrogen-bond acceptors (Lipinski definition) is 5. The van der Waals surface area contributed by atoms with Crippen molar-refractivity contribution in [2.45, 2.75) is 19.4 Å². The third kappa shape index (κ3) is 3.68. The molecule has 1 amide bonds. The zero-order valence-electron chi connectivity index (χ0n) is 12.9. The van der Waals surface area contributed by atoms with E-state index in [-0.39, 0.29) is 25.0 Å². The molecule has 3 rings (SSSR count). The van der Waals surface area contributed by atoms with E-state index in [4.69, 9.17) is 9.47 Å². The highest BCUT2D eigenvalue weighted by atomic mass is 16.7. The molecule has 0 unspecified atom stereocenters. The monoisotopic (exact) mass is 318 g/mol. The molecule has 7 heteroatoms. The number of nitrogens with zero attached hydrogens (tertiary/aromatic N) is 2. The quantitative estimate of drug-likeness (QED) is 0.473. The van der Waals surface area contributed by atoms with Gasteiger partial charge in [0.25, 0.3) is 5.69 Å². The summed E-state index contributed by atoms with van der Waals surface area (Å²) in [6, 6.07) is 2.85. The zero-order chi connectivity index (χ0) is 16.4. The topological polar surface area (TPSA) is 81.9 Å². The summed E-state index contributed by atoms with van der Waals surface area (Å²) in [5.41, 5.74) is 1.09. The highest BCUT2D eigenvalue weighted by molar-refractivity contribution is 5.92. The van der Waals surface area contributed by atoms with Crippen LogP contribution in [0, 0.1) is 16.0 Å². The molecule has 1 heterocycles. The molecule has 0 spiro atoms. The number of likely N-dealkylation sites (N-methyl/N-ethyl adjacent to an activating group) is 1. The first-order chi connectivity index (χ1) is 11.0. The van der Waals surface area contributed by atoms with Crippen LogP contribution in [0.5, 0.6) is 5.75 Å². The first-order valence-electron chi connectivity index (χ1n) is 7.49. The lowest BCUT2D eigenvalue weighted by atomic mass is 10.1. The predicted molar refractivity (Wildman–Crippen MR) is 82.8 cm³/mol. The van der Waals surface area contributed by atoms with Crippen molar-refractivity contribution >= 4 is 17.7 Å². The lowest BCUT2D eigenvalue weighted by Crippen LogP contribution is -2.26. The van der Waals surface area contributed by atoms with Crippen LogP contribution in [0.2, 0.25) is 0 Å². The molecular weight excluding hydrogens is 300 g/mol. The molecule has 0 saturated heterocycles. The van der Waals surface area contributed by atoms with E-state index in [0.717, 1.165) is 6.54 Å². The van der Waals surface area contributed by atoms with Gasteiger partial charge in [0.1, 0.15) is 5.75 Å². The smallest absolute Gasteiger partial charge is 0.270 e. The van der Waals surface area contributed by atoms with Crippen molar-refractivity contribution in [3.63, 3.8) is 0 Å². The van der Waals surface area contributed by atoms with Crippen LogP contribution in [0.3, 0.4) is 0 Å². The number of amides is 1. The first kappa shape index (κ1) is 15.5. The Morgan fingerprint density at radius 3 is 2.96 bits per heavy atom. The van der Waals surface area contributed by atoms with Gasteiger partial charge in [-0.1, -0.05) is 0 Å². The Labute approximate surface area is 133 Å². The summed E-state index contributed by atoms with van der Waals surface area (Å²) in [5, 5.41) is 11.0. The molecule has 0 N–H and O–H groups in total. The number of nitro groups is 1. The summed E-state index contributed by atoms with van der Waals surface area (Å²) < 4.78 is 10.6. The third-order valence-electron chi connectivity index (χ3n) is 3.94. The molecule has 0 aromatic heterocycles. The Morgan fingerprint density at radius 2 is 2.26 bits per heavy atom. The molecule has 2 aliphatic rings. The van der Waals surface area contributed by atoms with E-state index in [9.17, 15) is 14.9 Å². The van der Waals surface area contributed by atoms with Gasteiger partial charge in [-0.3, -0.25) is 14.9 Å². The summed E-state index contributed by atoms with van der Waals surface area (Å²) in [6.45, 7) is 1.11. The Kier molecular flexibility index (Phi) is 4.29. The molecule has 1 aliphatic carbocycles.